The first-order chi connectivity index (χ1) is 10.2. The van der Waals surface area contributed by atoms with Crippen molar-refractivity contribution in [2.24, 2.45) is 11.8 Å². The summed E-state index contributed by atoms with van der Waals surface area (Å²) in [6.45, 7) is 4.59. The van der Waals surface area contributed by atoms with Crippen molar-refractivity contribution in [3.63, 3.8) is 0 Å². The molecule has 1 aliphatic carbocycles. The molecule has 3 atom stereocenters. The van der Waals surface area contributed by atoms with E-state index in [0.29, 0.717) is 17.4 Å². The molecule has 21 heavy (non-hydrogen) atoms. The van der Waals surface area contributed by atoms with E-state index in [4.69, 9.17) is 4.74 Å². The third kappa shape index (κ3) is 2.85. The van der Waals surface area contributed by atoms with Crippen LogP contribution in [0.15, 0.2) is 30.3 Å². The van der Waals surface area contributed by atoms with Crippen molar-refractivity contribution in [3.8, 4) is 11.9 Å². The number of rotatable bonds is 2. The molecule has 1 fully saturated rings. The second-order valence-corrected chi connectivity index (χ2v) is 6.14. The van der Waals surface area contributed by atoms with Gasteiger partial charge in [0.05, 0.1) is 11.1 Å². The number of hydrogen-bond acceptors (Lipinski definition) is 3. The van der Waals surface area contributed by atoms with Crippen LogP contribution in [0, 0.1) is 23.2 Å². The maximum Gasteiger partial charge on any atom is 0.215 e. The summed E-state index contributed by atoms with van der Waals surface area (Å²) >= 11 is 0. The monoisotopic (exact) mass is 280 g/mol. The van der Waals surface area contributed by atoms with E-state index < -0.39 is 0 Å². The van der Waals surface area contributed by atoms with Crippen molar-refractivity contribution in [3.05, 3.63) is 35.9 Å². The van der Waals surface area contributed by atoms with Gasteiger partial charge in [-0.15, -0.1) is 0 Å². The molecular weight excluding hydrogens is 260 g/mol. The molecule has 0 amide bonds. The van der Waals surface area contributed by atoms with E-state index in [-0.39, 0.29) is 6.10 Å². The lowest BCUT2D eigenvalue weighted by Crippen LogP contribution is -2.29. The van der Waals surface area contributed by atoms with Crippen LogP contribution in [0.5, 0.6) is 5.88 Å². The minimum Gasteiger partial charge on any atom is -0.474 e. The Bertz CT molecular complexity index is 689. The SMILES string of the molecule is CC1CCC(Oc2cc(C#N)c3ccccc3n2)CC1C. The summed E-state index contributed by atoms with van der Waals surface area (Å²) in [4.78, 5) is 4.55. The van der Waals surface area contributed by atoms with E-state index in [1.807, 2.05) is 24.3 Å². The summed E-state index contributed by atoms with van der Waals surface area (Å²) in [5.74, 6) is 2.03. The number of nitrogens with zero attached hydrogens (tertiary/aromatic N) is 2. The number of aromatic nitrogens is 1. The lowest BCUT2D eigenvalue weighted by molar-refractivity contribution is 0.0968. The molecule has 2 aromatic rings. The standard InChI is InChI=1S/C18H20N2O/c1-12-7-8-15(9-13(12)2)21-18-10-14(11-19)16-5-3-4-6-17(16)20-18/h3-6,10,12-13,15H,7-9H2,1-2H3. The topological polar surface area (TPSA) is 45.9 Å². The zero-order valence-corrected chi connectivity index (χ0v) is 12.5. The zero-order chi connectivity index (χ0) is 14.8. The minimum absolute atomic E-state index is 0.219. The number of benzene rings is 1. The molecular formula is C18H20N2O. The van der Waals surface area contributed by atoms with Gasteiger partial charge in [0.25, 0.3) is 0 Å². The molecule has 0 spiro atoms. The summed E-state index contributed by atoms with van der Waals surface area (Å²) in [7, 11) is 0. The molecule has 1 aromatic carbocycles. The predicted molar refractivity (Wildman–Crippen MR) is 83.1 cm³/mol. The molecule has 1 aromatic heterocycles. The number of para-hydroxylation sites is 1. The van der Waals surface area contributed by atoms with E-state index in [0.717, 1.165) is 29.7 Å². The Hall–Kier alpha value is -2.08. The quantitative estimate of drug-likeness (QED) is 0.823. The average Bonchev–Trinajstić information content (AvgIpc) is 2.50. The Labute approximate surface area is 125 Å². The van der Waals surface area contributed by atoms with Gasteiger partial charge in [-0.25, -0.2) is 4.98 Å². The van der Waals surface area contributed by atoms with Gasteiger partial charge in [-0.3, -0.25) is 0 Å². The number of hydrogen-bond donors (Lipinski definition) is 0. The Morgan fingerprint density at radius 3 is 2.76 bits per heavy atom. The van der Waals surface area contributed by atoms with E-state index in [2.05, 4.69) is 24.9 Å². The van der Waals surface area contributed by atoms with Gasteiger partial charge in [0.2, 0.25) is 5.88 Å². The van der Waals surface area contributed by atoms with Crippen molar-refractivity contribution in [2.75, 3.05) is 0 Å². The van der Waals surface area contributed by atoms with E-state index in [1.54, 1.807) is 6.07 Å². The van der Waals surface area contributed by atoms with Gasteiger partial charge in [0, 0.05) is 11.5 Å². The van der Waals surface area contributed by atoms with Crippen molar-refractivity contribution >= 4 is 10.9 Å². The molecule has 0 N–H and O–H groups in total. The van der Waals surface area contributed by atoms with Crippen LogP contribution in [0.2, 0.25) is 0 Å². The molecule has 108 valence electrons. The molecule has 3 unspecified atom stereocenters. The molecule has 3 rings (SSSR count). The highest BCUT2D eigenvalue weighted by atomic mass is 16.5. The Balaban J connectivity index is 1.86. The third-order valence-electron chi connectivity index (χ3n) is 4.65. The lowest BCUT2D eigenvalue weighted by Gasteiger charge is -2.31. The predicted octanol–water partition coefficient (Wildman–Crippen LogP) is 4.31. The highest BCUT2D eigenvalue weighted by molar-refractivity contribution is 5.85. The van der Waals surface area contributed by atoms with Crippen molar-refractivity contribution in [1.29, 1.82) is 5.26 Å². The van der Waals surface area contributed by atoms with Crippen LogP contribution >= 0.6 is 0 Å². The smallest absolute Gasteiger partial charge is 0.215 e. The van der Waals surface area contributed by atoms with Gasteiger partial charge >= 0.3 is 0 Å². The fraction of sp³-hybridized carbons (Fsp3) is 0.444. The van der Waals surface area contributed by atoms with Crippen LogP contribution in [0.4, 0.5) is 0 Å². The summed E-state index contributed by atoms with van der Waals surface area (Å²) in [6.07, 6.45) is 3.56. The van der Waals surface area contributed by atoms with E-state index in [9.17, 15) is 5.26 Å². The molecule has 0 saturated heterocycles. The summed E-state index contributed by atoms with van der Waals surface area (Å²) in [5.41, 5.74) is 1.46. The molecule has 3 nitrogen and oxygen atoms in total. The number of ether oxygens (including phenoxy) is 1. The lowest BCUT2D eigenvalue weighted by atomic mass is 9.80. The van der Waals surface area contributed by atoms with Gasteiger partial charge in [0.1, 0.15) is 12.2 Å². The van der Waals surface area contributed by atoms with E-state index >= 15 is 0 Å². The fourth-order valence-corrected chi connectivity index (χ4v) is 3.08. The van der Waals surface area contributed by atoms with Gasteiger partial charge in [-0.2, -0.15) is 5.26 Å². The summed E-state index contributed by atoms with van der Waals surface area (Å²) < 4.78 is 6.06. The molecule has 1 saturated carbocycles. The minimum atomic E-state index is 0.219. The van der Waals surface area contributed by atoms with Crippen molar-refractivity contribution in [2.45, 2.75) is 39.2 Å². The average molecular weight is 280 g/mol. The van der Waals surface area contributed by atoms with E-state index in [1.165, 1.54) is 6.42 Å². The summed E-state index contributed by atoms with van der Waals surface area (Å²) in [5, 5.41) is 10.2. The first-order valence-corrected chi connectivity index (χ1v) is 7.64. The number of nitriles is 1. The van der Waals surface area contributed by atoms with Crippen molar-refractivity contribution in [1.82, 2.24) is 4.98 Å². The van der Waals surface area contributed by atoms with Crippen molar-refractivity contribution < 1.29 is 4.74 Å². The zero-order valence-electron chi connectivity index (χ0n) is 12.5. The van der Waals surface area contributed by atoms with Gasteiger partial charge in [-0.1, -0.05) is 32.0 Å². The highest BCUT2D eigenvalue weighted by Crippen LogP contribution is 2.32. The fourth-order valence-electron chi connectivity index (χ4n) is 3.08. The molecule has 1 heterocycles. The highest BCUT2D eigenvalue weighted by Gasteiger charge is 2.26. The second-order valence-electron chi connectivity index (χ2n) is 6.14. The number of fused-ring (bicyclic) bond motifs is 1. The van der Waals surface area contributed by atoms with Crippen LogP contribution in [0.25, 0.3) is 10.9 Å². The Morgan fingerprint density at radius 1 is 1.19 bits per heavy atom. The van der Waals surface area contributed by atoms with Gasteiger partial charge in [-0.05, 0) is 37.2 Å². The molecule has 3 heteroatoms. The van der Waals surface area contributed by atoms with Crippen LogP contribution in [-0.4, -0.2) is 11.1 Å². The summed E-state index contributed by atoms with van der Waals surface area (Å²) in [6, 6.07) is 11.7. The third-order valence-corrected chi connectivity index (χ3v) is 4.65. The first-order valence-electron chi connectivity index (χ1n) is 7.64. The molecule has 0 bridgehead atoms. The van der Waals surface area contributed by atoms with Gasteiger partial charge < -0.3 is 4.74 Å². The van der Waals surface area contributed by atoms with Crippen LogP contribution in [0.3, 0.4) is 0 Å². The molecule has 0 radical (unpaired) electrons. The maximum absolute atomic E-state index is 9.31. The normalized spacial score (nSPS) is 25.5. The van der Waals surface area contributed by atoms with Crippen LogP contribution in [-0.2, 0) is 0 Å². The number of pyridine rings is 1. The first kappa shape index (κ1) is 13.9. The maximum atomic E-state index is 9.31. The van der Waals surface area contributed by atoms with Gasteiger partial charge in [0.15, 0.2) is 0 Å². The molecule has 1 aliphatic rings. The van der Waals surface area contributed by atoms with Crippen LogP contribution < -0.4 is 4.74 Å². The second kappa shape index (κ2) is 5.73. The Morgan fingerprint density at radius 2 is 2.00 bits per heavy atom. The van der Waals surface area contributed by atoms with Crippen LogP contribution in [0.1, 0.15) is 38.7 Å². The largest absolute Gasteiger partial charge is 0.474 e. The molecule has 0 aliphatic heterocycles. The Kier molecular flexibility index (Phi) is 3.79.